The number of hydrogen-bond donors (Lipinski definition) is 0. The zero-order valence-corrected chi connectivity index (χ0v) is 19.0. The van der Waals surface area contributed by atoms with E-state index in [1.807, 2.05) is 54.3 Å². The summed E-state index contributed by atoms with van der Waals surface area (Å²) in [5.41, 5.74) is 2.92. The fraction of sp³-hybridized carbons (Fsp3) is 0.407. The summed E-state index contributed by atoms with van der Waals surface area (Å²) in [5.74, 6) is 0.420. The van der Waals surface area contributed by atoms with Gasteiger partial charge in [-0.05, 0) is 43.0 Å². The standard InChI is InChI=1S/C27H32N2O3/c1-3-28(19-20-11-7-6-8-12-20)25-24(21-15-17-23(32-2)18-16-21)26(30)29(27(25)31)22-13-9-4-5-10-14-22/h6-8,11-12,15-18,22H,3-5,9-10,13-14,19H2,1-2H3. The molecule has 4 rings (SSSR count). The first-order valence-corrected chi connectivity index (χ1v) is 11.7. The highest BCUT2D eigenvalue weighted by Crippen LogP contribution is 2.36. The molecular weight excluding hydrogens is 400 g/mol. The normalized spacial score (nSPS) is 17.6. The lowest BCUT2D eigenvalue weighted by atomic mass is 10.0. The van der Waals surface area contributed by atoms with Gasteiger partial charge in [-0.1, -0.05) is 68.1 Å². The second-order valence-electron chi connectivity index (χ2n) is 8.58. The molecule has 2 aromatic rings. The Bertz CT molecular complexity index is 974. The van der Waals surface area contributed by atoms with Gasteiger partial charge in [0.15, 0.2) is 0 Å². The van der Waals surface area contributed by atoms with Crippen molar-refractivity contribution < 1.29 is 14.3 Å². The van der Waals surface area contributed by atoms with E-state index < -0.39 is 0 Å². The predicted octanol–water partition coefficient (Wildman–Crippen LogP) is 5.02. The third-order valence-corrected chi connectivity index (χ3v) is 6.57. The van der Waals surface area contributed by atoms with Gasteiger partial charge in [0.05, 0.1) is 12.7 Å². The van der Waals surface area contributed by atoms with Crippen molar-refractivity contribution in [2.24, 2.45) is 0 Å². The van der Waals surface area contributed by atoms with Gasteiger partial charge in [0.25, 0.3) is 11.8 Å². The summed E-state index contributed by atoms with van der Waals surface area (Å²) in [6.45, 7) is 3.26. The molecule has 168 valence electrons. The molecule has 0 N–H and O–H groups in total. The Balaban J connectivity index is 1.75. The molecule has 5 heteroatoms. The van der Waals surface area contributed by atoms with Crippen LogP contribution in [0, 0.1) is 0 Å². The maximum atomic E-state index is 13.8. The van der Waals surface area contributed by atoms with Crippen LogP contribution in [0.5, 0.6) is 5.75 Å². The second kappa shape index (κ2) is 10.0. The monoisotopic (exact) mass is 432 g/mol. The van der Waals surface area contributed by atoms with Crippen molar-refractivity contribution in [3.63, 3.8) is 0 Å². The van der Waals surface area contributed by atoms with Gasteiger partial charge in [0.2, 0.25) is 0 Å². The number of likely N-dealkylation sites (N-methyl/N-ethyl adjacent to an activating group) is 1. The van der Waals surface area contributed by atoms with Crippen LogP contribution in [0.3, 0.4) is 0 Å². The third-order valence-electron chi connectivity index (χ3n) is 6.57. The third kappa shape index (κ3) is 4.43. The minimum atomic E-state index is -0.159. The zero-order valence-electron chi connectivity index (χ0n) is 19.0. The van der Waals surface area contributed by atoms with Gasteiger partial charge in [-0.2, -0.15) is 0 Å². The topological polar surface area (TPSA) is 49.9 Å². The molecule has 1 saturated carbocycles. The number of hydrogen-bond acceptors (Lipinski definition) is 4. The van der Waals surface area contributed by atoms with Crippen molar-refractivity contribution in [2.45, 2.75) is 58.0 Å². The first-order valence-electron chi connectivity index (χ1n) is 11.7. The first-order chi connectivity index (χ1) is 15.6. The smallest absolute Gasteiger partial charge is 0.278 e. The molecule has 1 heterocycles. The summed E-state index contributed by atoms with van der Waals surface area (Å²) in [6.07, 6.45) is 6.27. The van der Waals surface area contributed by atoms with Crippen LogP contribution in [-0.2, 0) is 16.1 Å². The molecule has 0 unspecified atom stereocenters. The average Bonchev–Trinajstić information content (AvgIpc) is 2.98. The molecule has 2 amide bonds. The van der Waals surface area contributed by atoms with Crippen LogP contribution in [0.25, 0.3) is 5.57 Å². The van der Waals surface area contributed by atoms with Crippen molar-refractivity contribution in [1.29, 1.82) is 0 Å². The molecule has 1 aliphatic heterocycles. The van der Waals surface area contributed by atoms with Crippen LogP contribution in [0.2, 0.25) is 0 Å². The van der Waals surface area contributed by atoms with E-state index >= 15 is 0 Å². The van der Waals surface area contributed by atoms with E-state index in [0.717, 1.165) is 42.6 Å². The number of rotatable bonds is 7. The largest absolute Gasteiger partial charge is 0.497 e. The van der Waals surface area contributed by atoms with Crippen LogP contribution >= 0.6 is 0 Å². The Kier molecular flexibility index (Phi) is 6.93. The molecule has 0 spiro atoms. The van der Waals surface area contributed by atoms with Crippen molar-refractivity contribution in [3.8, 4) is 5.75 Å². The quantitative estimate of drug-likeness (QED) is 0.455. The van der Waals surface area contributed by atoms with Gasteiger partial charge in [0.1, 0.15) is 11.4 Å². The Morgan fingerprint density at radius 1 is 0.906 bits per heavy atom. The predicted molar refractivity (Wildman–Crippen MR) is 126 cm³/mol. The number of benzene rings is 2. The van der Waals surface area contributed by atoms with Gasteiger partial charge < -0.3 is 9.64 Å². The van der Waals surface area contributed by atoms with Crippen molar-refractivity contribution in [1.82, 2.24) is 9.80 Å². The number of methoxy groups -OCH3 is 1. The lowest BCUT2D eigenvalue weighted by Gasteiger charge is -2.28. The molecule has 1 aliphatic carbocycles. The molecule has 0 aromatic heterocycles. The zero-order chi connectivity index (χ0) is 22.5. The van der Waals surface area contributed by atoms with Crippen molar-refractivity contribution >= 4 is 17.4 Å². The molecule has 2 aliphatic rings. The number of carbonyl (C=O) groups is 2. The minimum Gasteiger partial charge on any atom is -0.497 e. The SMILES string of the molecule is CCN(Cc1ccccc1)C1=C(c2ccc(OC)cc2)C(=O)N(C2CCCCCC2)C1=O. The fourth-order valence-corrected chi connectivity index (χ4v) is 4.85. The highest BCUT2D eigenvalue weighted by atomic mass is 16.5. The van der Waals surface area contributed by atoms with E-state index in [0.29, 0.717) is 24.4 Å². The average molecular weight is 433 g/mol. The molecule has 1 fully saturated rings. The van der Waals surface area contributed by atoms with E-state index in [1.165, 1.54) is 12.8 Å². The molecular formula is C27H32N2O3. The highest BCUT2D eigenvalue weighted by molar-refractivity contribution is 6.35. The van der Waals surface area contributed by atoms with E-state index in [2.05, 4.69) is 12.1 Å². The van der Waals surface area contributed by atoms with E-state index in [4.69, 9.17) is 4.74 Å². The number of ether oxygens (including phenoxy) is 1. The van der Waals surface area contributed by atoms with Crippen LogP contribution in [0.4, 0.5) is 0 Å². The first kappa shape index (κ1) is 22.1. The summed E-state index contributed by atoms with van der Waals surface area (Å²) in [7, 11) is 1.62. The Morgan fingerprint density at radius 2 is 1.56 bits per heavy atom. The molecule has 0 atom stereocenters. The van der Waals surface area contributed by atoms with Gasteiger partial charge in [-0.25, -0.2) is 0 Å². The van der Waals surface area contributed by atoms with Crippen molar-refractivity contribution in [3.05, 3.63) is 71.4 Å². The fourth-order valence-electron chi connectivity index (χ4n) is 4.85. The van der Waals surface area contributed by atoms with E-state index in [9.17, 15) is 9.59 Å². The molecule has 32 heavy (non-hydrogen) atoms. The summed E-state index contributed by atoms with van der Waals surface area (Å²) in [5, 5.41) is 0. The lowest BCUT2D eigenvalue weighted by molar-refractivity contribution is -0.140. The Labute approximate surface area is 190 Å². The summed E-state index contributed by atoms with van der Waals surface area (Å²) < 4.78 is 5.30. The molecule has 2 aromatic carbocycles. The van der Waals surface area contributed by atoms with Crippen LogP contribution in [0.1, 0.15) is 56.6 Å². The summed E-state index contributed by atoms with van der Waals surface area (Å²) in [6, 6.07) is 17.5. The maximum Gasteiger partial charge on any atom is 0.278 e. The molecule has 5 nitrogen and oxygen atoms in total. The number of carbonyl (C=O) groups excluding carboxylic acids is 2. The van der Waals surface area contributed by atoms with Crippen LogP contribution in [0.15, 0.2) is 60.3 Å². The van der Waals surface area contributed by atoms with Crippen LogP contribution < -0.4 is 4.74 Å². The molecule has 0 bridgehead atoms. The summed E-state index contributed by atoms with van der Waals surface area (Å²) in [4.78, 5) is 31.2. The maximum absolute atomic E-state index is 13.8. The number of nitrogens with zero attached hydrogens (tertiary/aromatic N) is 2. The molecule has 0 radical (unpaired) electrons. The second-order valence-corrected chi connectivity index (χ2v) is 8.58. The molecule has 0 saturated heterocycles. The number of amides is 2. The number of imide groups is 1. The van der Waals surface area contributed by atoms with Gasteiger partial charge in [-0.3, -0.25) is 14.5 Å². The Hall–Kier alpha value is -3.08. The van der Waals surface area contributed by atoms with Crippen LogP contribution in [-0.4, -0.2) is 41.3 Å². The van der Waals surface area contributed by atoms with E-state index in [-0.39, 0.29) is 17.9 Å². The van der Waals surface area contributed by atoms with Gasteiger partial charge in [0, 0.05) is 19.1 Å². The van der Waals surface area contributed by atoms with Crippen molar-refractivity contribution in [2.75, 3.05) is 13.7 Å². The van der Waals surface area contributed by atoms with E-state index in [1.54, 1.807) is 12.0 Å². The Morgan fingerprint density at radius 3 is 2.16 bits per heavy atom. The van der Waals surface area contributed by atoms with Gasteiger partial charge in [-0.15, -0.1) is 0 Å². The minimum absolute atomic E-state index is 0.0151. The lowest BCUT2D eigenvalue weighted by Crippen LogP contribution is -2.42. The highest BCUT2D eigenvalue weighted by Gasteiger charge is 2.44. The van der Waals surface area contributed by atoms with Gasteiger partial charge >= 0.3 is 0 Å². The summed E-state index contributed by atoms with van der Waals surface area (Å²) >= 11 is 0.